The predicted octanol–water partition coefficient (Wildman–Crippen LogP) is 2.08. The summed E-state index contributed by atoms with van der Waals surface area (Å²) in [5, 5.41) is 0. The summed E-state index contributed by atoms with van der Waals surface area (Å²) in [6.45, 7) is 0. The van der Waals surface area contributed by atoms with Gasteiger partial charge >= 0.3 is 0 Å². The number of rotatable bonds is 3. The number of carbonyl (C=O) groups excluding carboxylic acids is 1. The Balaban J connectivity index is 2.39. The van der Waals surface area contributed by atoms with Crippen LogP contribution in [0, 0.1) is 0 Å². The standard InChI is InChI=1S/C11H11N3OS/c1-14(2)10-5-6-12-11(13-10)9-4-3-8(7-15)16-9/h3-7H,1-2H3. The fraction of sp³-hybridized carbons (Fsp3) is 0.182. The number of thiophene rings is 1. The zero-order valence-corrected chi connectivity index (χ0v) is 9.86. The molecule has 0 bridgehead atoms. The van der Waals surface area contributed by atoms with Crippen molar-refractivity contribution in [3.05, 3.63) is 29.3 Å². The third kappa shape index (κ3) is 2.09. The van der Waals surface area contributed by atoms with Crippen molar-refractivity contribution < 1.29 is 4.79 Å². The van der Waals surface area contributed by atoms with E-state index in [9.17, 15) is 4.79 Å². The molecule has 82 valence electrons. The zero-order chi connectivity index (χ0) is 11.5. The van der Waals surface area contributed by atoms with Crippen molar-refractivity contribution in [2.75, 3.05) is 19.0 Å². The SMILES string of the molecule is CN(C)c1ccnc(-c2ccc(C=O)s2)n1. The number of aldehydes is 1. The summed E-state index contributed by atoms with van der Waals surface area (Å²) in [5.74, 6) is 1.51. The summed E-state index contributed by atoms with van der Waals surface area (Å²) < 4.78 is 0. The average molecular weight is 233 g/mol. The third-order valence-corrected chi connectivity index (χ3v) is 3.07. The first kappa shape index (κ1) is 10.8. The van der Waals surface area contributed by atoms with E-state index in [-0.39, 0.29) is 0 Å². The molecular formula is C11H11N3OS. The fourth-order valence-corrected chi connectivity index (χ4v) is 2.02. The van der Waals surface area contributed by atoms with Crippen LogP contribution in [0.15, 0.2) is 24.4 Å². The van der Waals surface area contributed by atoms with Crippen LogP contribution in [0.25, 0.3) is 10.7 Å². The molecule has 0 atom stereocenters. The Hall–Kier alpha value is -1.75. The summed E-state index contributed by atoms with van der Waals surface area (Å²) in [5.41, 5.74) is 0. The molecule has 2 rings (SSSR count). The van der Waals surface area contributed by atoms with Crippen LogP contribution >= 0.6 is 11.3 Å². The van der Waals surface area contributed by atoms with Gasteiger partial charge in [0.2, 0.25) is 0 Å². The second-order valence-corrected chi connectivity index (χ2v) is 4.57. The molecular weight excluding hydrogens is 222 g/mol. The van der Waals surface area contributed by atoms with Gasteiger partial charge in [0.15, 0.2) is 12.1 Å². The molecule has 0 unspecified atom stereocenters. The number of nitrogens with zero attached hydrogens (tertiary/aromatic N) is 3. The summed E-state index contributed by atoms with van der Waals surface area (Å²) in [4.78, 5) is 22.7. The van der Waals surface area contributed by atoms with E-state index in [4.69, 9.17) is 0 Å². The van der Waals surface area contributed by atoms with Crippen molar-refractivity contribution in [3.63, 3.8) is 0 Å². The predicted molar refractivity (Wildman–Crippen MR) is 65.1 cm³/mol. The van der Waals surface area contributed by atoms with Gasteiger partial charge in [0.25, 0.3) is 0 Å². The first-order valence-corrected chi connectivity index (χ1v) is 5.58. The highest BCUT2D eigenvalue weighted by Crippen LogP contribution is 2.25. The molecule has 0 fully saturated rings. The highest BCUT2D eigenvalue weighted by atomic mass is 32.1. The molecule has 4 nitrogen and oxygen atoms in total. The smallest absolute Gasteiger partial charge is 0.171 e. The molecule has 2 aromatic heterocycles. The number of aromatic nitrogens is 2. The largest absolute Gasteiger partial charge is 0.363 e. The van der Waals surface area contributed by atoms with Crippen LogP contribution in [0.2, 0.25) is 0 Å². The molecule has 0 N–H and O–H groups in total. The Morgan fingerprint density at radius 2 is 2.12 bits per heavy atom. The van der Waals surface area contributed by atoms with E-state index in [0.717, 1.165) is 17.0 Å². The summed E-state index contributed by atoms with van der Waals surface area (Å²) in [6.07, 6.45) is 2.56. The van der Waals surface area contributed by atoms with E-state index < -0.39 is 0 Å². The highest BCUT2D eigenvalue weighted by molar-refractivity contribution is 7.16. The first-order chi connectivity index (χ1) is 7.70. The Labute approximate surface area is 97.6 Å². The molecule has 0 aliphatic heterocycles. The Bertz CT molecular complexity index is 507. The van der Waals surface area contributed by atoms with Gasteiger partial charge in [0, 0.05) is 20.3 Å². The molecule has 2 heterocycles. The second-order valence-electron chi connectivity index (χ2n) is 3.45. The normalized spacial score (nSPS) is 10.1. The molecule has 0 saturated carbocycles. The fourth-order valence-electron chi connectivity index (χ4n) is 1.25. The van der Waals surface area contributed by atoms with Gasteiger partial charge in [-0.25, -0.2) is 9.97 Å². The minimum absolute atomic E-state index is 0.657. The maximum Gasteiger partial charge on any atom is 0.171 e. The molecule has 5 heteroatoms. The lowest BCUT2D eigenvalue weighted by Gasteiger charge is -2.10. The van der Waals surface area contributed by atoms with E-state index >= 15 is 0 Å². The number of anilines is 1. The van der Waals surface area contributed by atoms with Crippen LogP contribution in [0.1, 0.15) is 9.67 Å². The lowest BCUT2D eigenvalue weighted by molar-refractivity contribution is 0.112. The Morgan fingerprint density at radius 1 is 1.31 bits per heavy atom. The maximum atomic E-state index is 10.6. The van der Waals surface area contributed by atoms with E-state index in [1.54, 1.807) is 12.3 Å². The van der Waals surface area contributed by atoms with Gasteiger partial charge in [-0.05, 0) is 18.2 Å². The molecule has 2 aromatic rings. The quantitative estimate of drug-likeness (QED) is 0.761. The Morgan fingerprint density at radius 3 is 2.75 bits per heavy atom. The van der Waals surface area contributed by atoms with Crippen LogP contribution in [0.4, 0.5) is 5.82 Å². The summed E-state index contributed by atoms with van der Waals surface area (Å²) in [6, 6.07) is 5.49. The van der Waals surface area contributed by atoms with Crippen LogP contribution in [-0.4, -0.2) is 30.3 Å². The van der Waals surface area contributed by atoms with E-state index in [2.05, 4.69) is 9.97 Å². The van der Waals surface area contributed by atoms with Gasteiger partial charge in [-0.2, -0.15) is 0 Å². The van der Waals surface area contributed by atoms with Gasteiger partial charge in [0.05, 0.1) is 9.75 Å². The lowest BCUT2D eigenvalue weighted by atomic mass is 10.4. The molecule has 0 spiro atoms. The van der Waals surface area contributed by atoms with E-state index in [0.29, 0.717) is 10.7 Å². The van der Waals surface area contributed by atoms with Crippen molar-refractivity contribution in [2.45, 2.75) is 0 Å². The second kappa shape index (κ2) is 4.40. The van der Waals surface area contributed by atoms with Crippen molar-refractivity contribution in [2.24, 2.45) is 0 Å². The summed E-state index contributed by atoms with van der Waals surface area (Å²) in [7, 11) is 3.86. The van der Waals surface area contributed by atoms with Gasteiger partial charge in [-0.1, -0.05) is 0 Å². The topological polar surface area (TPSA) is 46.1 Å². The number of hydrogen-bond donors (Lipinski definition) is 0. The van der Waals surface area contributed by atoms with E-state index in [1.165, 1.54) is 11.3 Å². The molecule has 0 aromatic carbocycles. The molecule has 0 saturated heterocycles. The van der Waals surface area contributed by atoms with Crippen LogP contribution in [0.3, 0.4) is 0 Å². The monoisotopic (exact) mass is 233 g/mol. The molecule has 16 heavy (non-hydrogen) atoms. The maximum absolute atomic E-state index is 10.6. The van der Waals surface area contributed by atoms with E-state index in [1.807, 2.05) is 31.1 Å². The van der Waals surface area contributed by atoms with Gasteiger partial charge < -0.3 is 4.90 Å². The Kier molecular flexibility index (Phi) is 2.96. The average Bonchev–Trinajstić information content (AvgIpc) is 2.77. The molecule has 0 aliphatic rings. The molecule has 0 aliphatic carbocycles. The van der Waals surface area contributed by atoms with Crippen molar-refractivity contribution in [1.82, 2.24) is 9.97 Å². The van der Waals surface area contributed by atoms with Crippen LogP contribution in [0.5, 0.6) is 0 Å². The van der Waals surface area contributed by atoms with Gasteiger partial charge in [-0.15, -0.1) is 11.3 Å². The lowest BCUT2D eigenvalue weighted by Crippen LogP contribution is -2.10. The van der Waals surface area contributed by atoms with Gasteiger partial charge in [0.1, 0.15) is 5.82 Å². The highest BCUT2D eigenvalue weighted by Gasteiger charge is 2.06. The van der Waals surface area contributed by atoms with Crippen molar-refractivity contribution >= 4 is 23.4 Å². The van der Waals surface area contributed by atoms with Crippen LogP contribution in [-0.2, 0) is 0 Å². The zero-order valence-electron chi connectivity index (χ0n) is 9.04. The third-order valence-electron chi connectivity index (χ3n) is 2.06. The van der Waals surface area contributed by atoms with Crippen molar-refractivity contribution in [1.29, 1.82) is 0 Å². The molecule has 0 amide bonds. The van der Waals surface area contributed by atoms with Crippen LogP contribution < -0.4 is 4.90 Å². The number of hydrogen-bond acceptors (Lipinski definition) is 5. The summed E-state index contributed by atoms with van der Waals surface area (Å²) >= 11 is 1.39. The minimum atomic E-state index is 0.657. The number of carbonyl (C=O) groups is 1. The first-order valence-electron chi connectivity index (χ1n) is 4.76. The van der Waals surface area contributed by atoms with Gasteiger partial charge in [-0.3, -0.25) is 4.79 Å². The molecule has 0 radical (unpaired) electrons. The minimum Gasteiger partial charge on any atom is -0.363 e. The van der Waals surface area contributed by atoms with Crippen molar-refractivity contribution in [3.8, 4) is 10.7 Å².